The summed E-state index contributed by atoms with van der Waals surface area (Å²) in [7, 11) is 1.54. The number of alkyl halides is 2. The summed E-state index contributed by atoms with van der Waals surface area (Å²) < 4.78 is 4.57. The van der Waals surface area contributed by atoms with Crippen molar-refractivity contribution in [2.45, 2.75) is 23.4 Å². The van der Waals surface area contributed by atoms with E-state index in [0.717, 1.165) is 11.1 Å². The standard InChI is InChI=1S/C26H20Cl5N3O2/c1-13-7-14(12-32)3-6-21(13)34-24(35)19-11-18(4-5-20(19)29)33-25(36-2)23-22(26(23,30)31)15-8-16(27)10-17(28)9-15/h3-11,22-23,25,33H,1-2H3,(H,34,35). The summed E-state index contributed by atoms with van der Waals surface area (Å²) in [6.45, 7) is 1.81. The van der Waals surface area contributed by atoms with Crippen molar-refractivity contribution in [1.82, 2.24) is 0 Å². The molecule has 3 aromatic rings. The monoisotopic (exact) mass is 581 g/mol. The fraction of sp³-hybridized carbons (Fsp3) is 0.231. The van der Waals surface area contributed by atoms with Crippen molar-refractivity contribution in [3.63, 3.8) is 0 Å². The van der Waals surface area contributed by atoms with Gasteiger partial charge in [0.2, 0.25) is 0 Å². The van der Waals surface area contributed by atoms with Crippen molar-refractivity contribution in [2.75, 3.05) is 17.7 Å². The van der Waals surface area contributed by atoms with E-state index < -0.39 is 16.5 Å². The molecule has 0 saturated heterocycles. The topological polar surface area (TPSA) is 74.2 Å². The number of hydrogen-bond donors (Lipinski definition) is 2. The van der Waals surface area contributed by atoms with Gasteiger partial charge in [0.15, 0.2) is 0 Å². The largest absolute Gasteiger partial charge is 0.361 e. The SMILES string of the molecule is COC(Nc1ccc(Cl)c(C(=O)Nc2ccc(C#N)cc2C)c1)C1C(c2cc(Cl)cc(Cl)c2)C1(Cl)Cl. The number of anilines is 2. The van der Waals surface area contributed by atoms with E-state index in [9.17, 15) is 4.79 Å². The fourth-order valence-corrected chi connectivity index (χ4v) is 5.85. The van der Waals surface area contributed by atoms with Gasteiger partial charge in [0, 0.05) is 40.4 Å². The lowest BCUT2D eigenvalue weighted by Crippen LogP contribution is -2.27. The number of methoxy groups -OCH3 is 1. The van der Waals surface area contributed by atoms with Crippen molar-refractivity contribution in [1.29, 1.82) is 5.26 Å². The molecule has 0 spiro atoms. The molecule has 1 amide bonds. The first kappa shape index (κ1) is 26.9. The Morgan fingerprint density at radius 1 is 1.06 bits per heavy atom. The van der Waals surface area contributed by atoms with Gasteiger partial charge >= 0.3 is 0 Å². The van der Waals surface area contributed by atoms with Crippen LogP contribution in [0.15, 0.2) is 54.6 Å². The summed E-state index contributed by atoms with van der Waals surface area (Å²) in [4.78, 5) is 13.0. The third-order valence-electron chi connectivity index (χ3n) is 6.06. The predicted octanol–water partition coefficient (Wildman–Crippen LogP) is 8.05. The van der Waals surface area contributed by atoms with E-state index >= 15 is 0 Å². The van der Waals surface area contributed by atoms with Crippen molar-refractivity contribution in [3.05, 3.63) is 91.9 Å². The van der Waals surface area contributed by atoms with Gasteiger partial charge < -0.3 is 15.4 Å². The molecule has 0 heterocycles. The lowest BCUT2D eigenvalue weighted by Gasteiger charge is -2.20. The molecular formula is C26H20Cl5N3O2. The summed E-state index contributed by atoms with van der Waals surface area (Å²) in [5.41, 5.74) is 3.50. The first-order valence-corrected chi connectivity index (χ1v) is 12.7. The van der Waals surface area contributed by atoms with Crippen LogP contribution in [0.5, 0.6) is 0 Å². The quantitative estimate of drug-likeness (QED) is 0.218. The molecule has 2 N–H and O–H groups in total. The zero-order valence-electron chi connectivity index (χ0n) is 19.1. The Balaban J connectivity index is 1.54. The van der Waals surface area contributed by atoms with Crippen LogP contribution in [0.25, 0.3) is 0 Å². The van der Waals surface area contributed by atoms with Gasteiger partial charge in [-0.2, -0.15) is 5.26 Å². The Morgan fingerprint density at radius 2 is 1.75 bits per heavy atom. The molecule has 1 fully saturated rings. The third-order valence-corrected chi connectivity index (χ3v) is 7.80. The molecule has 5 nitrogen and oxygen atoms in total. The van der Waals surface area contributed by atoms with Crippen LogP contribution in [-0.2, 0) is 4.74 Å². The van der Waals surface area contributed by atoms with Gasteiger partial charge in [-0.1, -0.05) is 34.8 Å². The van der Waals surface area contributed by atoms with E-state index in [0.29, 0.717) is 27.0 Å². The number of nitriles is 1. The molecule has 3 atom stereocenters. The van der Waals surface area contributed by atoms with E-state index in [2.05, 4.69) is 16.7 Å². The molecular weight excluding hydrogens is 564 g/mol. The highest BCUT2D eigenvalue weighted by Crippen LogP contribution is 2.67. The van der Waals surface area contributed by atoms with Crippen LogP contribution < -0.4 is 10.6 Å². The van der Waals surface area contributed by atoms with Crippen molar-refractivity contribution in [3.8, 4) is 6.07 Å². The zero-order chi connectivity index (χ0) is 26.2. The van der Waals surface area contributed by atoms with Gasteiger partial charge in [0.25, 0.3) is 5.91 Å². The van der Waals surface area contributed by atoms with E-state index in [4.69, 9.17) is 68.0 Å². The number of halogens is 5. The number of nitrogens with one attached hydrogen (secondary N) is 2. The van der Waals surface area contributed by atoms with Gasteiger partial charge in [-0.25, -0.2) is 0 Å². The molecule has 36 heavy (non-hydrogen) atoms. The molecule has 1 aliphatic carbocycles. The van der Waals surface area contributed by atoms with Crippen LogP contribution >= 0.6 is 58.0 Å². The minimum atomic E-state index is -1.11. The van der Waals surface area contributed by atoms with E-state index in [1.54, 1.807) is 61.7 Å². The molecule has 0 bridgehead atoms. The minimum Gasteiger partial charge on any atom is -0.361 e. The fourth-order valence-electron chi connectivity index (χ4n) is 4.22. The molecule has 10 heteroatoms. The number of rotatable bonds is 7. The molecule has 4 rings (SSSR count). The molecule has 0 radical (unpaired) electrons. The number of hydrogen-bond acceptors (Lipinski definition) is 4. The Kier molecular flexibility index (Phi) is 7.97. The summed E-state index contributed by atoms with van der Waals surface area (Å²) in [5, 5.41) is 16.4. The van der Waals surface area contributed by atoms with Crippen molar-refractivity contribution in [2.24, 2.45) is 5.92 Å². The molecule has 1 aliphatic rings. The van der Waals surface area contributed by atoms with E-state index in [1.165, 1.54) is 0 Å². The van der Waals surface area contributed by atoms with Crippen LogP contribution in [0.4, 0.5) is 11.4 Å². The second-order valence-corrected chi connectivity index (χ2v) is 11.2. The Hall–Kier alpha value is -2.17. The second kappa shape index (κ2) is 10.7. The van der Waals surface area contributed by atoms with Gasteiger partial charge in [-0.15, -0.1) is 23.2 Å². The van der Waals surface area contributed by atoms with E-state index in [-0.39, 0.29) is 22.4 Å². The smallest absolute Gasteiger partial charge is 0.257 e. The number of carbonyl (C=O) groups is 1. The summed E-state index contributed by atoms with van der Waals surface area (Å²) in [5.74, 6) is -0.995. The molecule has 186 valence electrons. The van der Waals surface area contributed by atoms with Crippen LogP contribution in [0.3, 0.4) is 0 Å². The lowest BCUT2D eigenvalue weighted by atomic mass is 10.1. The maximum Gasteiger partial charge on any atom is 0.257 e. The van der Waals surface area contributed by atoms with Crippen LogP contribution in [0.2, 0.25) is 15.1 Å². The molecule has 1 saturated carbocycles. The maximum atomic E-state index is 13.0. The molecule has 0 aliphatic heterocycles. The molecule has 3 unspecified atom stereocenters. The van der Waals surface area contributed by atoms with Crippen LogP contribution in [-0.4, -0.2) is 23.6 Å². The number of nitrogens with zero attached hydrogens (tertiary/aromatic N) is 1. The van der Waals surface area contributed by atoms with Crippen LogP contribution in [0.1, 0.15) is 33.0 Å². The number of aryl methyl sites for hydroxylation is 1. The van der Waals surface area contributed by atoms with E-state index in [1.807, 2.05) is 6.92 Å². The number of amides is 1. The van der Waals surface area contributed by atoms with Crippen molar-refractivity contribution < 1.29 is 9.53 Å². The van der Waals surface area contributed by atoms with Crippen molar-refractivity contribution >= 4 is 75.3 Å². The average Bonchev–Trinajstić information content (AvgIpc) is 3.40. The van der Waals surface area contributed by atoms with Gasteiger partial charge in [0.1, 0.15) is 10.6 Å². The van der Waals surface area contributed by atoms with Gasteiger partial charge in [-0.3, -0.25) is 4.79 Å². The third kappa shape index (κ3) is 5.55. The van der Waals surface area contributed by atoms with Gasteiger partial charge in [-0.05, 0) is 72.6 Å². The molecule has 0 aromatic heterocycles. The maximum absolute atomic E-state index is 13.0. The zero-order valence-corrected chi connectivity index (χ0v) is 22.9. The number of carbonyl (C=O) groups excluding carboxylic acids is 1. The average molecular weight is 584 g/mol. The molecule has 3 aromatic carbocycles. The van der Waals surface area contributed by atoms with Gasteiger partial charge in [0.05, 0.1) is 22.2 Å². The lowest BCUT2D eigenvalue weighted by molar-refractivity contribution is 0.102. The Morgan fingerprint density at radius 3 is 2.36 bits per heavy atom. The highest BCUT2D eigenvalue weighted by atomic mass is 35.5. The number of benzene rings is 3. The first-order valence-electron chi connectivity index (χ1n) is 10.8. The predicted molar refractivity (Wildman–Crippen MR) is 147 cm³/mol. The highest BCUT2D eigenvalue weighted by molar-refractivity contribution is 6.52. The highest BCUT2D eigenvalue weighted by Gasteiger charge is 2.67. The Labute approximate surface area is 234 Å². The summed E-state index contributed by atoms with van der Waals surface area (Å²) >= 11 is 32.0. The summed E-state index contributed by atoms with van der Waals surface area (Å²) in [6.07, 6.45) is -0.583. The first-order chi connectivity index (χ1) is 17.0. The summed E-state index contributed by atoms with van der Waals surface area (Å²) in [6, 6.07) is 17.3. The minimum absolute atomic E-state index is 0.261. The normalized spacial score (nSPS) is 18.7. The second-order valence-electron chi connectivity index (χ2n) is 8.47. The Bertz CT molecular complexity index is 1350. The van der Waals surface area contributed by atoms with Crippen LogP contribution in [0, 0.1) is 24.2 Å². The number of ether oxygens (including phenoxy) is 1.